The molecule has 1 saturated heterocycles. The van der Waals surface area contributed by atoms with E-state index in [-0.39, 0.29) is 29.1 Å². The summed E-state index contributed by atoms with van der Waals surface area (Å²) in [4.78, 5) is 37.6. The lowest BCUT2D eigenvalue weighted by Gasteiger charge is -2.34. The first-order valence-corrected chi connectivity index (χ1v) is 9.60. The van der Waals surface area contributed by atoms with Crippen molar-refractivity contribution in [3.63, 3.8) is 0 Å². The predicted molar refractivity (Wildman–Crippen MR) is 111 cm³/mol. The molecule has 8 nitrogen and oxygen atoms in total. The molecular formula is C21H24N4O4. The van der Waals surface area contributed by atoms with Gasteiger partial charge < -0.3 is 10.6 Å². The number of nitrogens with zero attached hydrogens (tertiary/aromatic N) is 2. The van der Waals surface area contributed by atoms with Crippen LogP contribution in [0.5, 0.6) is 0 Å². The third kappa shape index (κ3) is 5.17. The number of nitro groups is 1. The lowest BCUT2D eigenvalue weighted by molar-refractivity contribution is -0.383. The van der Waals surface area contributed by atoms with Crippen LogP contribution in [0.15, 0.2) is 54.6 Å². The topological polar surface area (TPSA) is 105 Å². The van der Waals surface area contributed by atoms with Crippen molar-refractivity contribution in [3.05, 3.63) is 64.7 Å². The number of carbonyl (C=O) groups excluding carboxylic acids is 2. The summed E-state index contributed by atoms with van der Waals surface area (Å²) in [6, 6.07) is 15.0. The summed E-state index contributed by atoms with van der Waals surface area (Å²) >= 11 is 0. The van der Waals surface area contributed by atoms with E-state index in [0.717, 1.165) is 5.69 Å². The van der Waals surface area contributed by atoms with Gasteiger partial charge in [0.2, 0.25) is 11.8 Å². The summed E-state index contributed by atoms with van der Waals surface area (Å²) in [5.74, 6) is -0.406. The van der Waals surface area contributed by atoms with Gasteiger partial charge in [0.1, 0.15) is 5.69 Å². The van der Waals surface area contributed by atoms with Crippen LogP contribution in [0.2, 0.25) is 0 Å². The van der Waals surface area contributed by atoms with Gasteiger partial charge in [-0.25, -0.2) is 0 Å². The fourth-order valence-corrected chi connectivity index (χ4v) is 3.46. The molecular weight excluding hydrogens is 372 g/mol. The Kier molecular flexibility index (Phi) is 6.56. The summed E-state index contributed by atoms with van der Waals surface area (Å²) in [6.07, 6.45) is 1.31. The maximum Gasteiger partial charge on any atom is 0.292 e. The second-order valence-corrected chi connectivity index (χ2v) is 7.11. The highest BCUT2D eigenvalue weighted by Crippen LogP contribution is 2.25. The summed E-state index contributed by atoms with van der Waals surface area (Å²) < 4.78 is 0. The Bertz CT molecular complexity index is 879. The molecule has 0 aromatic heterocycles. The molecule has 1 unspecified atom stereocenters. The smallest absolute Gasteiger partial charge is 0.292 e. The highest BCUT2D eigenvalue weighted by atomic mass is 16.6. The monoisotopic (exact) mass is 396 g/mol. The van der Waals surface area contributed by atoms with Crippen LogP contribution in [0, 0.1) is 16.0 Å². The van der Waals surface area contributed by atoms with Gasteiger partial charge >= 0.3 is 0 Å². The average molecular weight is 396 g/mol. The molecule has 8 heteroatoms. The van der Waals surface area contributed by atoms with Crippen molar-refractivity contribution >= 4 is 28.9 Å². The zero-order valence-corrected chi connectivity index (χ0v) is 16.2. The van der Waals surface area contributed by atoms with E-state index < -0.39 is 11.0 Å². The van der Waals surface area contributed by atoms with Gasteiger partial charge in [0.15, 0.2) is 0 Å². The van der Waals surface area contributed by atoms with E-state index in [1.54, 1.807) is 19.1 Å². The number of rotatable bonds is 6. The average Bonchev–Trinajstić information content (AvgIpc) is 2.74. The standard InChI is InChI=1S/C21H24N4O4/c1-15(20(26)23-18-9-5-6-10-19(18)25(28)29)24-13-11-16(12-14-24)21(27)22-17-7-3-2-4-8-17/h2-10,15-16H,11-14H2,1H3,(H,22,27)(H,23,26). The Morgan fingerprint density at radius 3 is 2.31 bits per heavy atom. The third-order valence-corrected chi connectivity index (χ3v) is 5.23. The molecule has 1 aliphatic rings. The van der Waals surface area contributed by atoms with Crippen LogP contribution in [-0.4, -0.2) is 40.8 Å². The summed E-state index contributed by atoms with van der Waals surface area (Å²) in [7, 11) is 0. The number of para-hydroxylation sites is 3. The van der Waals surface area contributed by atoms with Crippen molar-refractivity contribution in [1.29, 1.82) is 0 Å². The Hall–Kier alpha value is -3.26. The lowest BCUT2D eigenvalue weighted by Crippen LogP contribution is -2.47. The van der Waals surface area contributed by atoms with E-state index in [0.29, 0.717) is 25.9 Å². The Balaban J connectivity index is 1.53. The van der Waals surface area contributed by atoms with Gasteiger partial charge in [0.05, 0.1) is 11.0 Å². The van der Waals surface area contributed by atoms with Crippen LogP contribution in [0.4, 0.5) is 17.1 Å². The second kappa shape index (κ2) is 9.29. The summed E-state index contributed by atoms with van der Waals surface area (Å²) in [5.41, 5.74) is 0.827. The molecule has 0 saturated carbocycles. The molecule has 1 aliphatic heterocycles. The lowest BCUT2D eigenvalue weighted by atomic mass is 9.94. The van der Waals surface area contributed by atoms with E-state index in [4.69, 9.17) is 0 Å². The molecule has 0 bridgehead atoms. The van der Waals surface area contributed by atoms with Crippen LogP contribution in [-0.2, 0) is 9.59 Å². The zero-order chi connectivity index (χ0) is 20.8. The highest BCUT2D eigenvalue weighted by molar-refractivity contribution is 5.96. The Morgan fingerprint density at radius 2 is 1.66 bits per heavy atom. The number of carbonyl (C=O) groups is 2. The minimum absolute atomic E-state index is 0.00661. The fourth-order valence-electron chi connectivity index (χ4n) is 3.46. The minimum atomic E-state index is -0.517. The molecule has 2 N–H and O–H groups in total. The van der Waals surface area contributed by atoms with E-state index in [2.05, 4.69) is 10.6 Å². The van der Waals surface area contributed by atoms with Crippen LogP contribution in [0.1, 0.15) is 19.8 Å². The summed E-state index contributed by atoms with van der Waals surface area (Å²) in [5, 5.41) is 16.7. The van der Waals surface area contributed by atoms with Crippen molar-refractivity contribution in [2.24, 2.45) is 5.92 Å². The Morgan fingerprint density at radius 1 is 1.03 bits per heavy atom. The number of likely N-dealkylation sites (tertiary alicyclic amines) is 1. The van der Waals surface area contributed by atoms with Crippen molar-refractivity contribution in [2.75, 3.05) is 23.7 Å². The number of hydrogen-bond acceptors (Lipinski definition) is 5. The van der Waals surface area contributed by atoms with Crippen LogP contribution in [0.3, 0.4) is 0 Å². The number of piperidine rings is 1. The first-order valence-electron chi connectivity index (χ1n) is 9.60. The van der Waals surface area contributed by atoms with E-state index in [1.807, 2.05) is 35.2 Å². The van der Waals surface area contributed by atoms with Crippen LogP contribution in [0.25, 0.3) is 0 Å². The van der Waals surface area contributed by atoms with Gasteiger partial charge in [-0.2, -0.15) is 0 Å². The molecule has 2 aromatic carbocycles. The molecule has 1 heterocycles. The van der Waals surface area contributed by atoms with E-state index >= 15 is 0 Å². The molecule has 0 spiro atoms. The van der Waals surface area contributed by atoms with Gasteiger partial charge in [-0.05, 0) is 51.1 Å². The van der Waals surface area contributed by atoms with Crippen molar-refractivity contribution < 1.29 is 14.5 Å². The molecule has 1 fully saturated rings. The van der Waals surface area contributed by atoms with Gasteiger partial charge in [-0.3, -0.25) is 24.6 Å². The normalized spacial score (nSPS) is 16.0. The molecule has 3 rings (SSSR count). The number of hydrogen-bond donors (Lipinski definition) is 2. The van der Waals surface area contributed by atoms with Gasteiger partial charge in [-0.1, -0.05) is 30.3 Å². The van der Waals surface area contributed by atoms with Crippen molar-refractivity contribution in [1.82, 2.24) is 4.90 Å². The third-order valence-electron chi connectivity index (χ3n) is 5.23. The van der Waals surface area contributed by atoms with Crippen molar-refractivity contribution in [2.45, 2.75) is 25.8 Å². The second-order valence-electron chi connectivity index (χ2n) is 7.11. The SMILES string of the molecule is CC(C(=O)Nc1ccccc1[N+](=O)[O-])N1CCC(C(=O)Nc2ccccc2)CC1. The molecule has 0 aliphatic carbocycles. The predicted octanol–water partition coefficient (Wildman–Crippen LogP) is 3.27. The maximum atomic E-state index is 12.6. The quantitative estimate of drug-likeness (QED) is 0.576. The van der Waals surface area contributed by atoms with Crippen LogP contribution < -0.4 is 10.6 Å². The highest BCUT2D eigenvalue weighted by Gasteiger charge is 2.30. The molecule has 2 aromatic rings. The van der Waals surface area contributed by atoms with Gasteiger partial charge in [0, 0.05) is 17.7 Å². The number of anilines is 2. The number of nitro benzene ring substituents is 1. The molecule has 1 atom stereocenters. The molecule has 29 heavy (non-hydrogen) atoms. The van der Waals surface area contributed by atoms with Crippen LogP contribution >= 0.6 is 0 Å². The number of benzene rings is 2. The maximum absolute atomic E-state index is 12.6. The van der Waals surface area contributed by atoms with Gasteiger partial charge in [-0.15, -0.1) is 0 Å². The molecule has 2 amide bonds. The zero-order valence-electron chi connectivity index (χ0n) is 16.2. The summed E-state index contributed by atoms with van der Waals surface area (Å²) in [6.45, 7) is 2.99. The van der Waals surface area contributed by atoms with Crippen molar-refractivity contribution in [3.8, 4) is 0 Å². The first-order chi connectivity index (χ1) is 14.0. The minimum Gasteiger partial charge on any atom is -0.326 e. The first kappa shape index (κ1) is 20.5. The molecule has 0 radical (unpaired) electrons. The van der Waals surface area contributed by atoms with E-state index in [9.17, 15) is 19.7 Å². The number of amides is 2. The largest absolute Gasteiger partial charge is 0.326 e. The van der Waals surface area contributed by atoms with E-state index in [1.165, 1.54) is 12.1 Å². The molecule has 152 valence electrons. The number of nitrogens with one attached hydrogen (secondary N) is 2. The fraction of sp³-hybridized carbons (Fsp3) is 0.333. The van der Waals surface area contributed by atoms with Gasteiger partial charge in [0.25, 0.3) is 5.69 Å². The Labute approximate surface area is 169 Å².